The van der Waals surface area contributed by atoms with Gasteiger partial charge in [-0.15, -0.1) is 0 Å². The molecule has 4 aliphatic rings. The summed E-state index contributed by atoms with van der Waals surface area (Å²) in [6.45, 7) is 19.3. The molecule has 0 bridgehead atoms. The predicted molar refractivity (Wildman–Crippen MR) is 319 cm³/mol. The van der Waals surface area contributed by atoms with Crippen molar-refractivity contribution in [3.05, 3.63) is 246 Å². The van der Waals surface area contributed by atoms with Crippen LogP contribution in [0.5, 0.6) is 11.5 Å². The Hall–Kier alpha value is -7.63. The highest BCUT2D eigenvalue weighted by atomic mass is 32.2. The third-order valence-electron chi connectivity index (χ3n) is 17.6. The van der Waals surface area contributed by atoms with Crippen LogP contribution in [0, 0.1) is 0 Å². The summed E-state index contributed by atoms with van der Waals surface area (Å²) >= 11 is 1.97. The minimum Gasteiger partial charge on any atom is -0.456 e. The van der Waals surface area contributed by atoms with E-state index in [-0.39, 0.29) is 16.2 Å². The third-order valence-corrected chi connectivity index (χ3v) is 22.4. The zero-order valence-corrected chi connectivity index (χ0v) is 45.8. The first-order valence-electron chi connectivity index (χ1n) is 26.6. The zero-order chi connectivity index (χ0) is 51.2. The maximum Gasteiger partial charge on any atom is 0.135 e. The van der Waals surface area contributed by atoms with Gasteiger partial charge in [0.15, 0.2) is 0 Å². The van der Waals surface area contributed by atoms with Gasteiger partial charge < -0.3 is 9.64 Å². The van der Waals surface area contributed by atoms with Crippen LogP contribution in [0.1, 0.15) is 74.9 Å². The molecule has 0 amide bonds. The van der Waals surface area contributed by atoms with Crippen molar-refractivity contribution < 1.29 is 4.74 Å². The van der Waals surface area contributed by atoms with Gasteiger partial charge in [-0.2, -0.15) is 0 Å². The Morgan fingerprint density at radius 3 is 1.40 bits per heavy atom. The number of para-hydroxylation sites is 1. The summed E-state index contributed by atoms with van der Waals surface area (Å²) in [5, 5.41) is 2.71. The maximum atomic E-state index is 7.33. The van der Waals surface area contributed by atoms with Gasteiger partial charge in [0.05, 0.1) is 0 Å². The Bertz CT molecular complexity index is 3760. The molecule has 0 unspecified atom stereocenters. The minimum absolute atomic E-state index is 0.0534. The molecule has 0 radical (unpaired) electrons. The Labute approximate surface area is 447 Å². The lowest BCUT2D eigenvalue weighted by Gasteiger charge is -2.37. The van der Waals surface area contributed by atoms with Gasteiger partial charge in [-0.1, -0.05) is 242 Å². The number of ether oxygens (including phenoxy) is 1. The normalized spacial score (nSPS) is 15.9. The number of rotatable bonds is 6. The van der Waals surface area contributed by atoms with Gasteiger partial charge in [0.25, 0.3) is 0 Å². The number of nitrogens with zero attached hydrogens (tertiary/aromatic N) is 1. The Morgan fingerprint density at radius 1 is 0.333 bits per heavy atom. The summed E-state index contributed by atoms with van der Waals surface area (Å²) in [5.74, 6) is 2.05. The van der Waals surface area contributed by atoms with Gasteiger partial charge in [-0.3, -0.25) is 0 Å². The van der Waals surface area contributed by atoms with E-state index in [9.17, 15) is 0 Å². The molecule has 2 nitrogen and oxygen atoms in total. The number of hydrogen-bond donors (Lipinski definition) is 0. The topological polar surface area (TPSA) is 12.5 Å². The largest absolute Gasteiger partial charge is 0.456 e. The van der Waals surface area contributed by atoms with E-state index in [1.807, 2.05) is 11.8 Å². The quantitative estimate of drug-likeness (QED) is 0.154. The monoisotopic (exact) mass is 1000 g/mol. The second-order valence-electron chi connectivity index (χ2n) is 23.2. The fourth-order valence-corrected chi connectivity index (χ4v) is 17.9. The highest BCUT2D eigenvalue weighted by Crippen LogP contribution is 2.60. The van der Waals surface area contributed by atoms with Crippen molar-refractivity contribution in [2.24, 2.45) is 0 Å². The number of benzene rings is 10. The molecule has 0 atom stereocenters. The predicted octanol–water partition coefficient (Wildman–Crippen LogP) is 18.5. The van der Waals surface area contributed by atoms with Crippen LogP contribution in [0.25, 0.3) is 55.6 Å². The molecular formula is C71H59NOSSi. The lowest BCUT2D eigenvalue weighted by molar-refractivity contribution is 0.489. The molecule has 2 heterocycles. The second-order valence-corrected chi connectivity index (χ2v) is 28.6. The Kier molecular flexibility index (Phi) is 10.1. The molecule has 0 fully saturated rings. The van der Waals surface area contributed by atoms with Crippen LogP contribution in [0.2, 0.25) is 13.1 Å². The Morgan fingerprint density at radius 2 is 0.760 bits per heavy atom. The Balaban J connectivity index is 0.844. The first kappa shape index (κ1) is 45.9. The van der Waals surface area contributed by atoms with Crippen LogP contribution in [-0.2, 0) is 16.2 Å². The molecular weight excluding hydrogens is 943 g/mol. The molecule has 0 saturated heterocycles. The van der Waals surface area contributed by atoms with Crippen molar-refractivity contribution in [2.75, 3.05) is 4.90 Å². The van der Waals surface area contributed by atoms with E-state index >= 15 is 0 Å². The number of fused-ring (bicyclic) bond motifs is 12. The molecule has 2 aliphatic heterocycles. The van der Waals surface area contributed by atoms with Crippen LogP contribution in [-0.4, -0.2) is 8.07 Å². The molecule has 0 saturated carbocycles. The molecule has 2 aliphatic carbocycles. The summed E-state index contributed by atoms with van der Waals surface area (Å²) in [6, 6.07) is 79.3. The van der Waals surface area contributed by atoms with Crippen molar-refractivity contribution in [3.63, 3.8) is 0 Å². The van der Waals surface area contributed by atoms with Crippen LogP contribution >= 0.6 is 11.8 Å². The highest BCUT2D eigenvalue weighted by Gasteiger charge is 2.45. The van der Waals surface area contributed by atoms with Crippen molar-refractivity contribution in [1.29, 1.82) is 0 Å². The average molecular weight is 1000 g/mol. The summed E-state index contributed by atoms with van der Waals surface area (Å²) in [6.07, 6.45) is 0. The van der Waals surface area contributed by atoms with Crippen molar-refractivity contribution in [2.45, 2.75) is 80.7 Å². The first-order chi connectivity index (χ1) is 36.2. The van der Waals surface area contributed by atoms with Crippen LogP contribution in [0.3, 0.4) is 0 Å². The van der Waals surface area contributed by atoms with Gasteiger partial charge in [0, 0.05) is 59.8 Å². The molecule has 14 rings (SSSR count). The molecule has 10 aromatic carbocycles. The summed E-state index contributed by atoms with van der Waals surface area (Å²) in [4.78, 5) is 5.14. The first-order valence-corrected chi connectivity index (χ1v) is 30.4. The molecule has 0 spiro atoms. The molecule has 10 aromatic rings. The van der Waals surface area contributed by atoms with Crippen LogP contribution < -0.4 is 20.0 Å². The van der Waals surface area contributed by atoms with E-state index in [0.29, 0.717) is 0 Å². The van der Waals surface area contributed by atoms with Crippen LogP contribution in [0.4, 0.5) is 17.1 Å². The minimum atomic E-state index is -2.17. The lowest BCUT2D eigenvalue weighted by atomic mass is 9.75. The van der Waals surface area contributed by atoms with E-state index in [1.165, 1.54) is 98.1 Å². The van der Waals surface area contributed by atoms with E-state index in [4.69, 9.17) is 4.74 Å². The summed E-state index contributed by atoms with van der Waals surface area (Å²) in [5.41, 5.74) is 23.8. The van der Waals surface area contributed by atoms with E-state index in [2.05, 4.69) is 272 Å². The maximum absolute atomic E-state index is 7.33. The van der Waals surface area contributed by atoms with E-state index in [0.717, 1.165) is 39.7 Å². The molecule has 4 heteroatoms. The second kappa shape index (κ2) is 16.4. The van der Waals surface area contributed by atoms with Crippen molar-refractivity contribution in [1.82, 2.24) is 0 Å². The highest BCUT2D eigenvalue weighted by molar-refractivity contribution is 7.99. The molecule has 75 heavy (non-hydrogen) atoms. The summed E-state index contributed by atoms with van der Waals surface area (Å²) in [7, 11) is -2.17. The van der Waals surface area contributed by atoms with E-state index < -0.39 is 8.07 Å². The fraction of sp³-hybridized carbons (Fsp3) is 0.155. The number of hydrogen-bond acceptors (Lipinski definition) is 3. The van der Waals surface area contributed by atoms with Gasteiger partial charge in [0.2, 0.25) is 0 Å². The van der Waals surface area contributed by atoms with Gasteiger partial charge in [-0.05, 0) is 119 Å². The third kappa shape index (κ3) is 6.71. The van der Waals surface area contributed by atoms with Gasteiger partial charge in [0.1, 0.15) is 19.6 Å². The zero-order valence-electron chi connectivity index (χ0n) is 44.0. The van der Waals surface area contributed by atoms with E-state index in [1.54, 1.807) is 0 Å². The fourth-order valence-electron chi connectivity index (χ4n) is 13.4. The smallest absolute Gasteiger partial charge is 0.135 e. The molecule has 0 aromatic heterocycles. The lowest BCUT2D eigenvalue weighted by Crippen LogP contribution is -2.56. The molecule has 0 N–H and O–H groups in total. The molecule has 364 valence electrons. The standard InChI is InChI=1S/C71H59NOSSi/c1-69(2)55-24-14-12-20-53(55)63-57(69)42-43-62-66(63)73-65-51(22-17-27-61(65)75(62,7)8)46-30-36-49(37-31-46)72(48-34-28-45(29-35-48)44-18-10-9-11-19-44)50-38-32-47(33-39-50)52-23-16-26-59-67(52)74-68-60(71(59,5)6)41-40-58-64(68)54-21-13-15-25-56(54)70(58,3)4/h9-43H,1-8H3. The van der Waals surface area contributed by atoms with Crippen molar-refractivity contribution in [3.8, 4) is 67.1 Å². The number of anilines is 3. The summed E-state index contributed by atoms with van der Waals surface area (Å²) < 4.78 is 7.33. The van der Waals surface area contributed by atoms with Crippen molar-refractivity contribution >= 4 is 47.3 Å². The van der Waals surface area contributed by atoms with Gasteiger partial charge in [-0.25, -0.2) is 0 Å². The SMILES string of the molecule is CC1(C)c2cccc(-c3ccc(N(c4ccc(-c5ccccc5)cc4)c4ccc(-c5cccc6c5Oc5c(ccc7c5-c5ccccc5C7(C)C)[Si]6(C)C)cc4)cc3)c2Sc2c1ccc1c2-c2ccccc2C1(C)C. The van der Waals surface area contributed by atoms with Gasteiger partial charge >= 0.3 is 0 Å². The van der Waals surface area contributed by atoms with Crippen LogP contribution in [0.15, 0.2) is 222 Å². The average Bonchev–Trinajstić information content (AvgIpc) is 3.82.